The van der Waals surface area contributed by atoms with Gasteiger partial charge < -0.3 is 24.1 Å². The van der Waals surface area contributed by atoms with E-state index < -0.39 is 6.04 Å². The number of rotatable bonds is 10. The minimum Gasteiger partial charge on any atom is -0.493 e. The number of halogens is 1. The van der Waals surface area contributed by atoms with Crippen LogP contribution in [0.3, 0.4) is 0 Å². The fourth-order valence-electron chi connectivity index (χ4n) is 4.28. The number of ether oxygens (including phenoxy) is 2. The van der Waals surface area contributed by atoms with E-state index in [2.05, 4.69) is 5.32 Å². The highest BCUT2D eigenvalue weighted by atomic mass is 35.5. The number of carbonyl (C=O) groups excluding carboxylic acids is 2. The molecule has 1 saturated carbocycles. The number of furan rings is 1. The number of nitrogens with one attached hydrogen (secondary N) is 1. The van der Waals surface area contributed by atoms with Crippen molar-refractivity contribution < 1.29 is 23.5 Å². The molecule has 3 rings (SSSR count). The minimum atomic E-state index is -0.894. The van der Waals surface area contributed by atoms with E-state index in [1.807, 2.05) is 6.92 Å². The van der Waals surface area contributed by atoms with Gasteiger partial charge in [0, 0.05) is 6.04 Å². The third-order valence-electron chi connectivity index (χ3n) is 5.91. The maximum atomic E-state index is 13.7. The molecule has 0 radical (unpaired) electrons. The van der Waals surface area contributed by atoms with Gasteiger partial charge in [0.05, 0.1) is 26.5 Å². The van der Waals surface area contributed by atoms with Crippen LogP contribution in [0, 0.1) is 0 Å². The summed E-state index contributed by atoms with van der Waals surface area (Å²) < 4.78 is 16.6. The van der Waals surface area contributed by atoms with Gasteiger partial charge in [0.2, 0.25) is 11.8 Å². The Morgan fingerprint density at radius 1 is 1.18 bits per heavy atom. The number of nitrogens with zero attached hydrogens (tertiary/aromatic N) is 1. The van der Waals surface area contributed by atoms with Crippen molar-refractivity contribution in [1.29, 1.82) is 0 Å². The van der Waals surface area contributed by atoms with Gasteiger partial charge >= 0.3 is 0 Å². The van der Waals surface area contributed by atoms with E-state index in [0.29, 0.717) is 29.4 Å². The summed E-state index contributed by atoms with van der Waals surface area (Å²) in [4.78, 5) is 28.1. The monoisotopic (exact) mass is 476 g/mol. The number of hydrogen-bond acceptors (Lipinski definition) is 5. The Hall–Kier alpha value is -2.67. The molecule has 1 aliphatic rings. The Balaban J connectivity index is 1.98. The molecule has 7 nitrogen and oxygen atoms in total. The van der Waals surface area contributed by atoms with Crippen molar-refractivity contribution in [1.82, 2.24) is 10.2 Å². The fraction of sp³-hybridized carbons (Fsp3) is 0.520. The normalized spacial score (nSPS) is 15.4. The number of methoxy groups -OCH3 is 1. The Kier molecular flexibility index (Phi) is 9.48. The van der Waals surface area contributed by atoms with E-state index in [1.165, 1.54) is 17.7 Å². The second kappa shape index (κ2) is 12.5. The Morgan fingerprint density at radius 3 is 2.55 bits per heavy atom. The predicted molar refractivity (Wildman–Crippen MR) is 127 cm³/mol. The summed E-state index contributed by atoms with van der Waals surface area (Å²) in [5, 5.41) is 3.20. The standard InChI is InChI=1S/C25H33ClN2O5/c1-3-32-21-13-12-18(15-22(21)31-2)24(25(30)27-19-9-6-4-5-7-10-19)28(23(29)16-26)17-20-11-8-14-33-20/h8,11-15,19,24H,3-7,9-10,16-17H2,1-2H3,(H,27,30)/t24-/m0/s1. The SMILES string of the molecule is CCOc1ccc([C@@H](C(=O)NC2CCCCCC2)N(Cc2ccco2)C(=O)CCl)cc1OC. The van der Waals surface area contributed by atoms with E-state index in [1.54, 1.807) is 43.7 Å². The molecule has 0 spiro atoms. The summed E-state index contributed by atoms with van der Waals surface area (Å²) in [5.41, 5.74) is 0.617. The molecule has 0 bridgehead atoms. The van der Waals surface area contributed by atoms with Gasteiger partial charge in [-0.05, 0) is 49.6 Å². The van der Waals surface area contributed by atoms with Crippen molar-refractivity contribution in [2.24, 2.45) is 0 Å². The van der Waals surface area contributed by atoms with Crippen LogP contribution in [0.25, 0.3) is 0 Å². The predicted octanol–water partition coefficient (Wildman–Crippen LogP) is 4.83. The van der Waals surface area contributed by atoms with Crippen LogP contribution < -0.4 is 14.8 Å². The van der Waals surface area contributed by atoms with Crippen LogP contribution in [0.2, 0.25) is 0 Å². The number of alkyl halides is 1. The molecule has 1 aromatic heterocycles. The van der Waals surface area contributed by atoms with E-state index in [-0.39, 0.29) is 30.3 Å². The molecule has 0 saturated heterocycles. The van der Waals surface area contributed by atoms with E-state index in [9.17, 15) is 9.59 Å². The summed E-state index contributed by atoms with van der Waals surface area (Å²) in [6.45, 7) is 2.49. The Bertz CT molecular complexity index is 894. The third-order valence-corrected chi connectivity index (χ3v) is 6.13. The Morgan fingerprint density at radius 2 is 1.94 bits per heavy atom. The molecule has 1 heterocycles. The van der Waals surface area contributed by atoms with Crippen molar-refractivity contribution in [2.45, 2.75) is 64.1 Å². The highest BCUT2D eigenvalue weighted by Gasteiger charge is 2.33. The lowest BCUT2D eigenvalue weighted by atomic mass is 10.0. The molecule has 33 heavy (non-hydrogen) atoms. The third kappa shape index (κ3) is 6.67. The van der Waals surface area contributed by atoms with E-state index in [0.717, 1.165) is 25.7 Å². The molecule has 1 aromatic carbocycles. The zero-order valence-electron chi connectivity index (χ0n) is 19.3. The van der Waals surface area contributed by atoms with Gasteiger partial charge in [0.15, 0.2) is 11.5 Å². The van der Waals surface area contributed by atoms with Gasteiger partial charge in [0.25, 0.3) is 0 Å². The van der Waals surface area contributed by atoms with E-state index in [4.69, 9.17) is 25.5 Å². The maximum absolute atomic E-state index is 13.7. The van der Waals surface area contributed by atoms with Crippen LogP contribution in [-0.4, -0.2) is 42.4 Å². The van der Waals surface area contributed by atoms with Gasteiger partial charge in [-0.2, -0.15) is 0 Å². The van der Waals surface area contributed by atoms with Crippen LogP contribution in [0.15, 0.2) is 41.0 Å². The second-order valence-corrected chi connectivity index (χ2v) is 8.44. The number of benzene rings is 1. The van der Waals surface area contributed by atoms with Crippen LogP contribution in [-0.2, 0) is 16.1 Å². The summed E-state index contributed by atoms with van der Waals surface area (Å²) in [6.07, 6.45) is 7.95. The molecule has 0 unspecified atom stereocenters. The zero-order valence-corrected chi connectivity index (χ0v) is 20.1. The molecule has 1 N–H and O–H groups in total. The van der Waals surface area contributed by atoms with Crippen molar-refractivity contribution in [2.75, 3.05) is 19.6 Å². The zero-order chi connectivity index (χ0) is 23.6. The van der Waals surface area contributed by atoms with Crippen LogP contribution in [0.1, 0.15) is 62.8 Å². The number of hydrogen-bond donors (Lipinski definition) is 1. The van der Waals surface area contributed by atoms with Crippen LogP contribution >= 0.6 is 11.6 Å². The maximum Gasteiger partial charge on any atom is 0.247 e. The van der Waals surface area contributed by atoms with Gasteiger partial charge in [-0.3, -0.25) is 9.59 Å². The molecule has 0 aliphatic heterocycles. The van der Waals surface area contributed by atoms with E-state index >= 15 is 0 Å². The lowest BCUT2D eigenvalue weighted by Crippen LogP contribution is -2.46. The largest absolute Gasteiger partial charge is 0.493 e. The average Bonchev–Trinajstić information content (AvgIpc) is 3.21. The minimum absolute atomic E-state index is 0.0867. The molecule has 180 valence electrons. The molecule has 2 amide bonds. The van der Waals surface area contributed by atoms with Crippen molar-refractivity contribution in [3.8, 4) is 11.5 Å². The lowest BCUT2D eigenvalue weighted by molar-refractivity contribution is -0.140. The first kappa shape index (κ1) is 25.0. The second-order valence-electron chi connectivity index (χ2n) is 8.18. The molecular formula is C25H33ClN2O5. The van der Waals surface area contributed by atoms with Gasteiger partial charge in [-0.15, -0.1) is 11.6 Å². The van der Waals surface area contributed by atoms with Crippen molar-refractivity contribution >= 4 is 23.4 Å². The summed E-state index contributed by atoms with van der Waals surface area (Å²) in [5.74, 6) is 0.798. The highest BCUT2D eigenvalue weighted by molar-refractivity contribution is 6.27. The summed E-state index contributed by atoms with van der Waals surface area (Å²) >= 11 is 5.96. The lowest BCUT2D eigenvalue weighted by Gasteiger charge is -2.32. The van der Waals surface area contributed by atoms with Crippen LogP contribution in [0.4, 0.5) is 0 Å². The summed E-state index contributed by atoms with van der Waals surface area (Å²) in [7, 11) is 1.55. The number of carbonyl (C=O) groups is 2. The molecule has 1 fully saturated rings. The molecule has 1 atom stereocenters. The Labute approximate surface area is 200 Å². The topological polar surface area (TPSA) is 81.0 Å². The van der Waals surface area contributed by atoms with Gasteiger partial charge in [-0.25, -0.2) is 0 Å². The first-order chi connectivity index (χ1) is 16.1. The van der Waals surface area contributed by atoms with Crippen molar-refractivity contribution in [3.63, 3.8) is 0 Å². The molecule has 2 aromatic rings. The fourth-order valence-corrected chi connectivity index (χ4v) is 4.43. The van der Waals surface area contributed by atoms with Gasteiger partial charge in [-0.1, -0.05) is 31.7 Å². The molecule has 1 aliphatic carbocycles. The molecular weight excluding hydrogens is 444 g/mol. The first-order valence-electron chi connectivity index (χ1n) is 11.6. The smallest absolute Gasteiger partial charge is 0.247 e. The quantitative estimate of drug-likeness (QED) is 0.392. The van der Waals surface area contributed by atoms with Crippen molar-refractivity contribution in [3.05, 3.63) is 47.9 Å². The number of amides is 2. The van der Waals surface area contributed by atoms with Gasteiger partial charge in [0.1, 0.15) is 17.7 Å². The highest BCUT2D eigenvalue weighted by Crippen LogP contribution is 2.33. The van der Waals surface area contributed by atoms with Crippen LogP contribution in [0.5, 0.6) is 11.5 Å². The first-order valence-corrected chi connectivity index (χ1v) is 12.1. The summed E-state index contributed by atoms with van der Waals surface area (Å²) in [6, 6.07) is 8.02. The molecule has 8 heteroatoms. The average molecular weight is 477 g/mol.